The maximum atomic E-state index is 12.6. The Morgan fingerprint density at radius 2 is 1.62 bits per heavy atom. The Bertz CT molecular complexity index is 486. The molecule has 0 radical (unpaired) electrons. The maximum Gasteiger partial charge on any atom is 0.418 e. The van der Waals surface area contributed by atoms with Gasteiger partial charge in [0.25, 0.3) is 0 Å². The van der Waals surface area contributed by atoms with Crippen LogP contribution in [-0.4, -0.2) is 4.57 Å². The Kier molecular flexibility index (Phi) is 2.38. The summed E-state index contributed by atoms with van der Waals surface area (Å²) in [5, 5.41) is 0. The van der Waals surface area contributed by atoms with Crippen LogP contribution in [0.1, 0.15) is 5.56 Å². The molecule has 1 aromatic carbocycles. The highest BCUT2D eigenvalue weighted by molar-refractivity contribution is 5.63. The zero-order valence-electron chi connectivity index (χ0n) is 8.20. The number of para-hydroxylation sites is 1. The van der Waals surface area contributed by atoms with Crippen molar-refractivity contribution < 1.29 is 13.2 Å². The maximum absolute atomic E-state index is 12.6. The minimum Gasteiger partial charge on any atom is -0.397 e. The molecule has 0 saturated heterocycles. The predicted molar refractivity (Wildman–Crippen MR) is 55.2 cm³/mol. The standard InChI is InChI=1S/C11H9F3N2/c12-11(13,14)8-4-3-5-9(10(8)15)16-6-1-2-7-16/h1-7H,15H2. The zero-order chi connectivity index (χ0) is 11.8. The highest BCUT2D eigenvalue weighted by atomic mass is 19.4. The molecule has 2 aromatic rings. The fraction of sp³-hybridized carbons (Fsp3) is 0.0909. The fourth-order valence-corrected chi connectivity index (χ4v) is 1.52. The largest absolute Gasteiger partial charge is 0.418 e. The van der Waals surface area contributed by atoms with Gasteiger partial charge in [0.15, 0.2) is 0 Å². The third-order valence-electron chi connectivity index (χ3n) is 2.27. The Hall–Kier alpha value is -1.91. The van der Waals surface area contributed by atoms with Crippen molar-refractivity contribution in [1.82, 2.24) is 4.57 Å². The van der Waals surface area contributed by atoms with Crippen LogP contribution in [0.4, 0.5) is 18.9 Å². The Morgan fingerprint density at radius 3 is 2.19 bits per heavy atom. The molecule has 0 fully saturated rings. The van der Waals surface area contributed by atoms with E-state index < -0.39 is 11.7 Å². The van der Waals surface area contributed by atoms with Gasteiger partial charge in [0, 0.05) is 12.4 Å². The van der Waals surface area contributed by atoms with Crippen molar-refractivity contribution in [2.24, 2.45) is 0 Å². The minimum atomic E-state index is -4.42. The number of alkyl halides is 3. The van der Waals surface area contributed by atoms with Gasteiger partial charge >= 0.3 is 6.18 Å². The number of hydrogen-bond acceptors (Lipinski definition) is 1. The van der Waals surface area contributed by atoms with E-state index in [0.717, 1.165) is 6.07 Å². The van der Waals surface area contributed by atoms with E-state index in [9.17, 15) is 13.2 Å². The number of rotatable bonds is 1. The van der Waals surface area contributed by atoms with Gasteiger partial charge in [0.1, 0.15) is 0 Å². The van der Waals surface area contributed by atoms with Crippen molar-refractivity contribution in [2.75, 3.05) is 5.73 Å². The summed E-state index contributed by atoms with van der Waals surface area (Å²) in [6, 6.07) is 7.31. The fourth-order valence-electron chi connectivity index (χ4n) is 1.52. The third-order valence-corrected chi connectivity index (χ3v) is 2.27. The molecule has 1 aromatic heterocycles. The highest BCUT2D eigenvalue weighted by Gasteiger charge is 2.33. The van der Waals surface area contributed by atoms with E-state index in [1.807, 2.05) is 0 Å². The predicted octanol–water partition coefficient (Wildman–Crippen LogP) is 3.08. The highest BCUT2D eigenvalue weighted by Crippen LogP contribution is 2.35. The van der Waals surface area contributed by atoms with Crippen molar-refractivity contribution in [2.45, 2.75) is 6.18 Å². The normalized spacial score (nSPS) is 11.7. The summed E-state index contributed by atoms with van der Waals surface area (Å²) < 4.78 is 39.3. The van der Waals surface area contributed by atoms with Gasteiger partial charge in [-0.25, -0.2) is 0 Å². The smallest absolute Gasteiger partial charge is 0.397 e. The molecule has 0 spiro atoms. The Morgan fingerprint density at radius 1 is 1.00 bits per heavy atom. The lowest BCUT2D eigenvalue weighted by atomic mass is 10.1. The van der Waals surface area contributed by atoms with Crippen molar-refractivity contribution >= 4 is 5.69 Å². The van der Waals surface area contributed by atoms with Crippen LogP contribution in [0.5, 0.6) is 0 Å². The first-order chi connectivity index (χ1) is 7.50. The molecule has 1 heterocycles. The second kappa shape index (κ2) is 3.59. The first kappa shape index (κ1) is 10.6. The van der Waals surface area contributed by atoms with Gasteiger partial charge in [-0.15, -0.1) is 0 Å². The summed E-state index contributed by atoms with van der Waals surface area (Å²) in [6.45, 7) is 0. The van der Waals surface area contributed by atoms with E-state index in [2.05, 4.69) is 0 Å². The van der Waals surface area contributed by atoms with Crippen LogP contribution >= 0.6 is 0 Å². The second-order valence-electron chi connectivity index (χ2n) is 3.33. The lowest BCUT2D eigenvalue weighted by molar-refractivity contribution is -0.136. The molecular formula is C11H9F3N2. The van der Waals surface area contributed by atoms with E-state index >= 15 is 0 Å². The van der Waals surface area contributed by atoms with Crippen molar-refractivity contribution in [3.05, 3.63) is 48.3 Å². The first-order valence-corrected chi connectivity index (χ1v) is 4.59. The van der Waals surface area contributed by atoms with Gasteiger partial charge < -0.3 is 10.3 Å². The minimum absolute atomic E-state index is 0.258. The molecule has 0 amide bonds. The molecule has 0 aliphatic heterocycles. The number of aromatic nitrogens is 1. The van der Waals surface area contributed by atoms with Crippen LogP contribution in [0, 0.1) is 0 Å². The lowest BCUT2D eigenvalue weighted by Crippen LogP contribution is -2.11. The summed E-state index contributed by atoms with van der Waals surface area (Å²) in [6.07, 6.45) is -1.13. The first-order valence-electron chi connectivity index (χ1n) is 4.59. The molecule has 0 aliphatic rings. The van der Waals surface area contributed by atoms with Gasteiger partial charge in [-0.05, 0) is 24.3 Å². The number of hydrogen-bond donors (Lipinski definition) is 1. The quantitative estimate of drug-likeness (QED) is 0.744. The average molecular weight is 226 g/mol. The van der Waals surface area contributed by atoms with Crippen LogP contribution in [0.3, 0.4) is 0 Å². The molecule has 2 rings (SSSR count). The van der Waals surface area contributed by atoms with Gasteiger partial charge in [-0.3, -0.25) is 0 Å². The van der Waals surface area contributed by atoms with Gasteiger partial charge in [-0.2, -0.15) is 13.2 Å². The van der Waals surface area contributed by atoms with Crippen molar-refractivity contribution in [3.8, 4) is 5.69 Å². The van der Waals surface area contributed by atoms with Gasteiger partial charge in [0.05, 0.1) is 16.9 Å². The van der Waals surface area contributed by atoms with E-state index in [1.54, 1.807) is 35.2 Å². The zero-order valence-corrected chi connectivity index (χ0v) is 8.20. The third kappa shape index (κ3) is 1.76. The molecule has 0 saturated carbocycles. The number of nitrogens with two attached hydrogens (primary N) is 1. The SMILES string of the molecule is Nc1c(-n2cccc2)cccc1C(F)(F)F. The monoisotopic (exact) mass is 226 g/mol. The summed E-state index contributed by atoms with van der Waals surface area (Å²) in [5.41, 5.74) is 4.79. The second-order valence-corrected chi connectivity index (χ2v) is 3.33. The van der Waals surface area contributed by atoms with E-state index in [1.165, 1.54) is 6.07 Å². The van der Waals surface area contributed by atoms with Crippen molar-refractivity contribution in [1.29, 1.82) is 0 Å². The van der Waals surface area contributed by atoms with Crippen molar-refractivity contribution in [3.63, 3.8) is 0 Å². The molecule has 2 nitrogen and oxygen atoms in total. The van der Waals surface area contributed by atoms with Crippen LogP contribution in [0.25, 0.3) is 5.69 Å². The summed E-state index contributed by atoms with van der Waals surface area (Å²) in [7, 11) is 0. The van der Waals surface area contributed by atoms with Gasteiger partial charge in [-0.1, -0.05) is 6.07 Å². The number of anilines is 1. The Labute approximate surface area is 90.1 Å². The number of nitrogens with zero attached hydrogens (tertiary/aromatic N) is 1. The molecule has 0 bridgehead atoms. The topological polar surface area (TPSA) is 30.9 Å². The molecule has 16 heavy (non-hydrogen) atoms. The lowest BCUT2D eigenvalue weighted by Gasteiger charge is -2.13. The van der Waals surface area contributed by atoms with E-state index in [4.69, 9.17) is 5.73 Å². The molecule has 0 aliphatic carbocycles. The Balaban J connectivity index is 2.58. The van der Waals surface area contributed by atoms with E-state index in [-0.39, 0.29) is 5.69 Å². The van der Waals surface area contributed by atoms with Crippen LogP contribution in [0.2, 0.25) is 0 Å². The molecular weight excluding hydrogens is 217 g/mol. The number of halogens is 3. The van der Waals surface area contributed by atoms with Gasteiger partial charge in [0.2, 0.25) is 0 Å². The molecule has 0 atom stereocenters. The molecule has 84 valence electrons. The van der Waals surface area contributed by atoms with Crippen LogP contribution in [-0.2, 0) is 6.18 Å². The summed E-state index contributed by atoms with van der Waals surface area (Å²) in [5.74, 6) is 0. The van der Waals surface area contributed by atoms with Crippen LogP contribution < -0.4 is 5.73 Å². The van der Waals surface area contributed by atoms with E-state index in [0.29, 0.717) is 5.69 Å². The molecule has 2 N–H and O–H groups in total. The molecule has 0 unspecified atom stereocenters. The number of nitrogen functional groups attached to an aromatic ring is 1. The molecule has 5 heteroatoms. The summed E-state index contributed by atoms with van der Waals surface area (Å²) in [4.78, 5) is 0. The summed E-state index contributed by atoms with van der Waals surface area (Å²) >= 11 is 0. The average Bonchev–Trinajstić information content (AvgIpc) is 2.69. The number of benzene rings is 1. The van der Waals surface area contributed by atoms with Crippen LogP contribution in [0.15, 0.2) is 42.7 Å².